The molecular weight excluding hydrogens is 186 g/mol. The van der Waals surface area contributed by atoms with Gasteiger partial charge in [-0.1, -0.05) is 0 Å². The largest absolute Gasteiger partial charge is 0.327 e. The van der Waals surface area contributed by atoms with Gasteiger partial charge in [0.15, 0.2) is 0 Å². The fraction of sp³-hybridized carbons (Fsp3) is 0.667. The molecule has 0 amide bonds. The molecule has 80 valence electrons. The van der Waals surface area contributed by atoms with Gasteiger partial charge in [-0.05, 0) is 43.6 Å². The number of aromatic nitrogens is 2. The standard InChI is InChI=1S/C12H17N3/c13-10(8-4-5-8)6-12-9-2-1-3-11(9)14-7-15-12/h7-8,10H,1-6,13H2. The van der Waals surface area contributed by atoms with Crippen molar-refractivity contribution >= 4 is 0 Å². The smallest absolute Gasteiger partial charge is 0.115 e. The molecule has 2 aliphatic carbocycles. The third-order valence-electron chi connectivity index (χ3n) is 3.62. The van der Waals surface area contributed by atoms with E-state index in [4.69, 9.17) is 5.73 Å². The normalized spacial score (nSPS) is 21.4. The van der Waals surface area contributed by atoms with E-state index in [1.807, 2.05) is 0 Å². The number of rotatable bonds is 3. The topological polar surface area (TPSA) is 51.8 Å². The first kappa shape index (κ1) is 9.28. The van der Waals surface area contributed by atoms with Gasteiger partial charge >= 0.3 is 0 Å². The van der Waals surface area contributed by atoms with Crippen molar-refractivity contribution in [2.45, 2.75) is 44.6 Å². The molecule has 2 N–H and O–H groups in total. The zero-order valence-electron chi connectivity index (χ0n) is 8.95. The Morgan fingerprint density at radius 1 is 1.33 bits per heavy atom. The van der Waals surface area contributed by atoms with Crippen LogP contribution in [0.15, 0.2) is 6.33 Å². The van der Waals surface area contributed by atoms with E-state index < -0.39 is 0 Å². The lowest BCUT2D eigenvalue weighted by Gasteiger charge is -2.12. The van der Waals surface area contributed by atoms with Gasteiger partial charge in [-0.15, -0.1) is 0 Å². The van der Waals surface area contributed by atoms with E-state index in [2.05, 4.69) is 9.97 Å². The maximum absolute atomic E-state index is 6.14. The molecule has 3 heteroatoms. The van der Waals surface area contributed by atoms with Gasteiger partial charge in [0.1, 0.15) is 6.33 Å². The molecule has 1 unspecified atom stereocenters. The minimum absolute atomic E-state index is 0.324. The third-order valence-corrected chi connectivity index (χ3v) is 3.62. The molecule has 1 aromatic heterocycles. The monoisotopic (exact) mass is 203 g/mol. The van der Waals surface area contributed by atoms with Crippen LogP contribution in [0.3, 0.4) is 0 Å². The molecule has 0 radical (unpaired) electrons. The molecule has 0 spiro atoms. The van der Waals surface area contributed by atoms with Crippen LogP contribution in [-0.2, 0) is 19.3 Å². The van der Waals surface area contributed by atoms with E-state index in [0.717, 1.165) is 25.2 Å². The summed E-state index contributed by atoms with van der Waals surface area (Å²) in [5.74, 6) is 0.761. The Bertz CT molecular complexity index is 371. The molecule has 0 aromatic carbocycles. The van der Waals surface area contributed by atoms with Crippen molar-refractivity contribution in [2.75, 3.05) is 0 Å². The fourth-order valence-corrected chi connectivity index (χ4v) is 2.52. The molecule has 3 nitrogen and oxygen atoms in total. The van der Waals surface area contributed by atoms with Gasteiger partial charge in [-0.3, -0.25) is 0 Å². The lowest BCUT2D eigenvalue weighted by molar-refractivity contribution is 0.580. The Morgan fingerprint density at radius 2 is 2.20 bits per heavy atom. The van der Waals surface area contributed by atoms with Crippen LogP contribution in [0.1, 0.15) is 36.2 Å². The van der Waals surface area contributed by atoms with E-state index >= 15 is 0 Å². The molecule has 0 aliphatic heterocycles. The van der Waals surface area contributed by atoms with Crippen LogP contribution in [0.5, 0.6) is 0 Å². The minimum Gasteiger partial charge on any atom is -0.327 e. The van der Waals surface area contributed by atoms with Crippen LogP contribution in [0.4, 0.5) is 0 Å². The second-order valence-electron chi connectivity index (χ2n) is 4.80. The number of nitrogens with zero attached hydrogens (tertiary/aromatic N) is 2. The van der Waals surface area contributed by atoms with Crippen molar-refractivity contribution in [3.63, 3.8) is 0 Å². The lowest BCUT2D eigenvalue weighted by Crippen LogP contribution is -2.26. The summed E-state index contributed by atoms with van der Waals surface area (Å²) in [6, 6.07) is 0.324. The molecule has 1 aromatic rings. The van der Waals surface area contributed by atoms with E-state index in [-0.39, 0.29) is 0 Å². The Hall–Kier alpha value is -0.960. The Balaban J connectivity index is 1.82. The maximum Gasteiger partial charge on any atom is 0.115 e. The summed E-state index contributed by atoms with van der Waals surface area (Å²) in [4.78, 5) is 8.75. The van der Waals surface area contributed by atoms with Crippen molar-refractivity contribution in [3.05, 3.63) is 23.3 Å². The average molecular weight is 203 g/mol. The van der Waals surface area contributed by atoms with Crippen molar-refractivity contribution < 1.29 is 0 Å². The van der Waals surface area contributed by atoms with Gasteiger partial charge in [0.05, 0.1) is 0 Å². The van der Waals surface area contributed by atoms with Crippen LogP contribution in [0.25, 0.3) is 0 Å². The second-order valence-corrected chi connectivity index (χ2v) is 4.80. The molecule has 0 bridgehead atoms. The lowest BCUT2D eigenvalue weighted by atomic mass is 10.0. The molecule has 2 aliphatic rings. The van der Waals surface area contributed by atoms with E-state index in [9.17, 15) is 0 Å². The summed E-state index contributed by atoms with van der Waals surface area (Å²) in [5, 5.41) is 0. The van der Waals surface area contributed by atoms with Crippen LogP contribution < -0.4 is 5.73 Å². The quantitative estimate of drug-likeness (QED) is 0.804. The van der Waals surface area contributed by atoms with Gasteiger partial charge in [-0.25, -0.2) is 9.97 Å². The summed E-state index contributed by atoms with van der Waals surface area (Å²) in [6.45, 7) is 0. The molecule has 1 fully saturated rings. The Morgan fingerprint density at radius 3 is 3.00 bits per heavy atom. The molecule has 3 rings (SSSR count). The summed E-state index contributed by atoms with van der Waals surface area (Å²) >= 11 is 0. The zero-order valence-corrected chi connectivity index (χ0v) is 8.95. The first-order valence-electron chi connectivity index (χ1n) is 5.92. The molecule has 1 heterocycles. The zero-order chi connectivity index (χ0) is 10.3. The summed E-state index contributed by atoms with van der Waals surface area (Å²) in [6.07, 6.45) is 8.81. The molecule has 15 heavy (non-hydrogen) atoms. The highest BCUT2D eigenvalue weighted by Crippen LogP contribution is 2.33. The van der Waals surface area contributed by atoms with E-state index in [1.165, 1.54) is 36.2 Å². The van der Waals surface area contributed by atoms with Crippen LogP contribution in [-0.4, -0.2) is 16.0 Å². The minimum atomic E-state index is 0.324. The van der Waals surface area contributed by atoms with Gasteiger partial charge in [-0.2, -0.15) is 0 Å². The second kappa shape index (κ2) is 3.56. The SMILES string of the molecule is NC(Cc1ncnc2c1CCC2)C1CC1. The van der Waals surface area contributed by atoms with Crippen LogP contribution >= 0.6 is 0 Å². The van der Waals surface area contributed by atoms with Crippen LogP contribution in [0, 0.1) is 5.92 Å². The summed E-state index contributed by atoms with van der Waals surface area (Å²) < 4.78 is 0. The van der Waals surface area contributed by atoms with E-state index in [0.29, 0.717) is 6.04 Å². The predicted molar refractivity (Wildman–Crippen MR) is 58.5 cm³/mol. The molecule has 0 saturated heterocycles. The van der Waals surface area contributed by atoms with Gasteiger partial charge in [0.2, 0.25) is 0 Å². The van der Waals surface area contributed by atoms with Crippen molar-refractivity contribution in [3.8, 4) is 0 Å². The first-order valence-corrected chi connectivity index (χ1v) is 5.92. The average Bonchev–Trinajstić information content (AvgIpc) is 2.97. The highest BCUT2D eigenvalue weighted by molar-refractivity contribution is 5.29. The number of hydrogen-bond donors (Lipinski definition) is 1. The van der Waals surface area contributed by atoms with Crippen molar-refractivity contribution in [2.24, 2.45) is 11.7 Å². The van der Waals surface area contributed by atoms with Crippen molar-refractivity contribution in [1.82, 2.24) is 9.97 Å². The maximum atomic E-state index is 6.14. The van der Waals surface area contributed by atoms with Gasteiger partial charge in [0, 0.05) is 23.9 Å². The highest BCUT2D eigenvalue weighted by atomic mass is 14.9. The molecule has 1 saturated carbocycles. The third kappa shape index (κ3) is 1.76. The Labute approximate surface area is 90.1 Å². The van der Waals surface area contributed by atoms with Crippen molar-refractivity contribution in [1.29, 1.82) is 0 Å². The van der Waals surface area contributed by atoms with E-state index in [1.54, 1.807) is 6.33 Å². The predicted octanol–water partition coefficient (Wildman–Crippen LogP) is 1.25. The number of aryl methyl sites for hydroxylation is 1. The Kier molecular flexibility index (Phi) is 2.20. The number of nitrogens with two attached hydrogens (primary N) is 1. The molecule has 1 atom stereocenters. The first-order chi connectivity index (χ1) is 7.34. The van der Waals surface area contributed by atoms with Crippen LogP contribution in [0.2, 0.25) is 0 Å². The number of hydrogen-bond acceptors (Lipinski definition) is 3. The van der Waals surface area contributed by atoms with Gasteiger partial charge in [0.25, 0.3) is 0 Å². The fourth-order valence-electron chi connectivity index (χ4n) is 2.52. The highest BCUT2D eigenvalue weighted by Gasteiger charge is 2.29. The summed E-state index contributed by atoms with van der Waals surface area (Å²) in [5.41, 5.74) is 10.0. The summed E-state index contributed by atoms with van der Waals surface area (Å²) in [7, 11) is 0. The molecular formula is C12H17N3. The number of fused-ring (bicyclic) bond motifs is 1. The van der Waals surface area contributed by atoms with Gasteiger partial charge < -0.3 is 5.73 Å².